The van der Waals surface area contributed by atoms with Crippen molar-refractivity contribution in [2.75, 3.05) is 10.0 Å². The van der Waals surface area contributed by atoms with Crippen molar-refractivity contribution in [1.29, 1.82) is 0 Å². The highest BCUT2D eigenvalue weighted by Gasteiger charge is 2.19. The maximum atomic E-state index is 12.6. The lowest BCUT2D eigenvalue weighted by molar-refractivity contribution is -0.383. The molecule has 0 fully saturated rings. The number of sulfonamides is 1. The fraction of sp³-hybridized carbons (Fsp3) is 0. The number of para-hydroxylation sites is 2. The third-order valence-corrected chi connectivity index (χ3v) is 5.76. The van der Waals surface area contributed by atoms with Crippen LogP contribution in [0.3, 0.4) is 0 Å². The Bertz CT molecular complexity index is 1180. The van der Waals surface area contributed by atoms with Gasteiger partial charge in [0.25, 0.3) is 21.6 Å². The summed E-state index contributed by atoms with van der Waals surface area (Å²) < 4.78 is 28.5. The third kappa shape index (κ3) is 4.98. The minimum atomic E-state index is -3.93. The Morgan fingerprint density at radius 3 is 2.34 bits per heavy atom. The molecule has 3 aromatic rings. The number of nitro benzene ring substituents is 1. The number of nitrogens with one attached hydrogen (secondary N) is 2. The number of anilines is 2. The molecule has 10 heteroatoms. The molecule has 0 unspecified atom stereocenters. The van der Waals surface area contributed by atoms with Crippen molar-refractivity contribution in [2.45, 2.75) is 4.90 Å². The van der Waals surface area contributed by atoms with E-state index in [-0.39, 0.29) is 21.8 Å². The molecule has 148 valence electrons. The highest BCUT2D eigenvalue weighted by molar-refractivity contribution is 9.10. The van der Waals surface area contributed by atoms with Gasteiger partial charge in [-0.25, -0.2) is 8.42 Å². The second kappa shape index (κ2) is 8.41. The highest BCUT2D eigenvalue weighted by atomic mass is 79.9. The Balaban J connectivity index is 1.84. The minimum absolute atomic E-state index is 0.0174. The van der Waals surface area contributed by atoms with Crippen LogP contribution in [0.4, 0.5) is 17.1 Å². The summed E-state index contributed by atoms with van der Waals surface area (Å²) >= 11 is 3.27. The number of carbonyl (C=O) groups is 1. The number of amides is 1. The summed E-state index contributed by atoms with van der Waals surface area (Å²) in [7, 11) is -3.93. The first-order valence-corrected chi connectivity index (χ1v) is 10.5. The van der Waals surface area contributed by atoms with Crippen molar-refractivity contribution >= 4 is 48.9 Å². The molecule has 0 spiro atoms. The van der Waals surface area contributed by atoms with E-state index >= 15 is 0 Å². The molecule has 0 aromatic heterocycles. The van der Waals surface area contributed by atoms with E-state index in [2.05, 4.69) is 26.0 Å². The van der Waals surface area contributed by atoms with E-state index in [0.717, 1.165) is 4.47 Å². The van der Waals surface area contributed by atoms with Gasteiger partial charge in [-0.05, 0) is 48.5 Å². The van der Waals surface area contributed by atoms with Gasteiger partial charge in [-0.15, -0.1) is 0 Å². The molecule has 0 saturated heterocycles. The van der Waals surface area contributed by atoms with Crippen molar-refractivity contribution in [3.8, 4) is 0 Å². The third-order valence-electron chi connectivity index (χ3n) is 3.85. The van der Waals surface area contributed by atoms with Crippen LogP contribution in [0.5, 0.6) is 0 Å². The van der Waals surface area contributed by atoms with Gasteiger partial charge in [0.05, 0.1) is 9.82 Å². The summed E-state index contributed by atoms with van der Waals surface area (Å²) in [5.74, 6) is -0.667. The molecule has 0 radical (unpaired) electrons. The van der Waals surface area contributed by atoms with Gasteiger partial charge in [0, 0.05) is 21.8 Å². The Kier molecular flexibility index (Phi) is 5.95. The maximum absolute atomic E-state index is 12.6. The average molecular weight is 476 g/mol. The lowest BCUT2D eigenvalue weighted by Gasteiger charge is -2.10. The van der Waals surface area contributed by atoms with Gasteiger partial charge in [-0.1, -0.05) is 34.1 Å². The summed E-state index contributed by atoms with van der Waals surface area (Å²) in [4.78, 5) is 22.9. The number of benzene rings is 3. The predicted octanol–water partition coefficient (Wildman–Crippen LogP) is 4.41. The Morgan fingerprint density at radius 2 is 1.66 bits per heavy atom. The zero-order valence-electron chi connectivity index (χ0n) is 14.7. The number of nitrogens with zero attached hydrogens (tertiary/aromatic N) is 1. The molecule has 0 atom stereocenters. The van der Waals surface area contributed by atoms with Gasteiger partial charge in [-0.3, -0.25) is 19.6 Å². The van der Waals surface area contributed by atoms with E-state index in [1.807, 2.05) is 0 Å². The minimum Gasteiger partial charge on any atom is -0.316 e. The van der Waals surface area contributed by atoms with Gasteiger partial charge in [-0.2, -0.15) is 0 Å². The molecule has 0 bridgehead atoms. The zero-order valence-corrected chi connectivity index (χ0v) is 17.1. The van der Waals surface area contributed by atoms with Crippen LogP contribution in [0.2, 0.25) is 0 Å². The van der Waals surface area contributed by atoms with E-state index in [9.17, 15) is 23.3 Å². The fourth-order valence-electron chi connectivity index (χ4n) is 2.47. The van der Waals surface area contributed by atoms with Crippen LogP contribution in [-0.2, 0) is 10.0 Å². The molecule has 8 nitrogen and oxygen atoms in total. The molecule has 0 heterocycles. The van der Waals surface area contributed by atoms with Crippen LogP contribution < -0.4 is 10.0 Å². The van der Waals surface area contributed by atoms with E-state index in [1.54, 1.807) is 30.3 Å². The number of hydrogen-bond acceptors (Lipinski definition) is 5. The molecule has 29 heavy (non-hydrogen) atoms. The number of carbonyl (C=O) groups excluding carboxylic acids is 1. The second-order valence-electron chi connectivity index (χ2n) is 5.87. The van der Waals surface area contributed by atoms with E-state index < -0.39 is 20.9 Å². The first-order chi connectivity index (χ1) is 13.8. The lowest BCUT2D eigenvalue weighted by atomic mass is 10.2. The molecule has 1 amide bonds. The Hall–Kier alpha value is -3.24. The van der Waals surface area contributed by atoms with E-state index in [4.69, 9.17) is 0 Å². The summed E-state index contributed by atoms with van der Waals surface area (Å²) in [6.07, 6.45) is 0. The SMILES string of the molecule is O=C(Nc1ccccc1[N+](=O)[O-])c1cccc(S(=O)(=O)Nc2ccc(Br)cc2)c1. The summed E-state index contributed by atoms with van der Waals surface area (Å²) in [5.41, 5.74) is 0.162. The molecular formula is C19H14BrN3O5S. The normalized spacial score (nSPS) is 10.9. The molecule has 0 aliphatic rings. The monoisotopic (exact) mass is 475 g/mol. The topological polar surface area (TPSA) is 118 Å². The van der Waals surface area contributed by atoms with Gasteiger partial charge in [0.2, 0.25) is 0 Å². The first kappa shape index (κ1) is 20.5. The smallest absolute Gasteiger partial charge is 0.292 e. The van der Waals surface area contributed by atoms with Crippen molar-refractivity contribution < 1.29 is 18.1 Å². The Morgan fingerprint density at radius 1 is 0.966 bits per heavy atom. The van der Waals surface area contributed by atoms with Gasteiger partial charge >= 0.3 is 0 Å². The number of halogens is 1. The van der Waals surface area contributed by atoms with Gasteiger partial charge < -0.3 is 5.32 Å². The molecule has 0 saturated carbocycles. The average Bonchev–Trinajstić information content (AvgIpc) is 2.70. The van der Waals surface area contributed by atoms with E-state index in [0.29, 0.717) is 5.69 Å². The molecule has 2 N–H and O–H groups in total. The Labute approximate surface area is 174 Å². The first-order valence-electron chi connectivity index (χ1n) is 8.19. The predicted molar refractivity (Wildman–Crippen MR) is 112 cm³/mol. The molecule has 0 aliphatic heterocycles. The second-order valence-corrected chi connectivity index (χ2v) is 8.47. The summed E-state index contributed by atoms with van der Waals surface area (Å²) in [6, 6.07) is 17.6. The standard InChI is InChI=1S/C19H14BrN3O5S/c20-14-8-10-15(11-9-14)22-29(27,28)16-5-3-4-13(12-16)19(24)21-17-6-1-2-7-18(17)23(25)26/h1-12,22H,(H,21,24). The zero-order chi connectivity index (χ0) is 21.0. The van der Waals surface area contributed by atoms with Crippen molar-refractivity contribution in [3.05, 3.63) is 92.9 Å². The summed E-state index contributed by atoms with van der Waals surface area (Å²) in [5, 5.41) is 13.5. The van der Waals surface area contributed by atoms with Gasteiger partial charge in [0.15, 0.2) is 0 Å². The summed E-state index contributed by atoms with van der Waals surface area (Å²) in [6.45, 7) is 0. The fourth-order valence-corrected chi connectivity index (χ4v) is 3.84. The highest BCUT2D eigenvalue weighted by Crippen LogP contribution is 2.24. The molecule has 3 rings (SSSR count). The van der Waals surface area contributed by atoms with E-state index in [1.165, 1.54) is 42.5 Å². The van der Waals surface area contributed by atoms with Crippen LogP contribution in [0, 0.1) is 10.1 Å². The molecular weight excluding hydrogens is 462 g/mol. The van der Waals surface area contributed by atoms with Gasteiger partial charge in [0.1, 0.15) is 5.69 Å². The number of rotatable bonds is 6. The maximum Gasteiger partial charge on any atom is 0.292 e. The quantitative estimate of drug-likeness (QED) is 0.404. The molecule has 3 aromatic carbocycles. The van der Waals surface area contributed by atoms with Crippen molar-refractivity contribution in [2.24, 2.45) is 0 Å². The van der Waals surface area contributed by atoms with Crippen LogP contribution in [0.1, 0.15) is 10.4 Å². The lowest BCUT2D eigenvalue weighted by Crippen LogP contribution is -2.16. The number of nitro groups is 1. The van der Waals surface area contributed by atoms with Crippen LogP contribution >= 0.6 is 15.9 Å². The van der Waals surface area contributed by atoms with Crippen LogP contribution in [0.15, 0.2) is 82.2 Å². The number of hydrogen-bond donors (Lipinski definition) is 2. The largest absolute Gasteiger partial charge is 0.316 e. The van der Waals surface area contributed by atoms with Crippen molar-refractivity contribution in [1.82, 2.24) is 0 Å². The van der Waals surface area contributed by atoms with Crippen LogP contribution in [-0.4, -0.2) is 19.2 Å². The van der Waals surface area contributed by atoms with Crippen molar-refractivity contribution in [3.63, 3.8) is 0 Å². The molecule has 0 aliphatic carbocycles. The van der Waals surface area contributed by atoms with Crippen LogP contribution in [0.25, 0.3) is 0 Å².